The quantitative estimate of drug-likeness (QED) is 0.0444. The molecule has 0 radical (unpaired) electrons. The topological polar surface area (TPSA) is 334 Å². The van der Waals surface area contributed by atoms with Crippen LogP contribution in [0.25, 0.3) is 10.9 Å². The van der Waals surface area contributed by atoms with Crippen LogP contribution in [0.4, 0.5) is 0 Å². The number of hydrogen-bond acceptors (Lipinski definition) is 11. The average Bonchev–Trinajstić information content (AvgIpc) is 3.93. The van der Waals surface area contributed by atoms with Gasteiger partial charge in [-0.2, -0.15) is 11.8 Å². The van der Waals surface area contributed by atoms with Gasteiger partial charge in [-0.15, -0.1) is 0 Å². The molecule has 0 spiro atoms. The Balaban J connectivity index is 1.68. The van der Waals surface area contributed by atoms with Crippen LogP contribution in [0.3, 0.4) is 0 Å². The highest BCUT2D eigenvalue weighted by atomic mass is 32.2. The monoisotopic (exact) mass is 938 g/mol. The van der Waals surface area contributed by atoms with Gasteiger partial charge in [0.2, 0.25) is 53.2 Å². The van der Waals surface area contributed by atoms with Gasteiger partial charge in [-0.1, -0.05) is 52.8 Å². The third kappa shape index (κ3) is 17.5. The molecule has 0 unspecified atom stereocenters. The fourth-order valence-corrected chi connectivity index (χ4v) is 7.31. The Labute approximate surface area is 388 Å². The van der Waals surface area contributed by atoms with E-state index < -0.39 is 108 Å². The first-order chi connectivity index (χ1) is 31.2. The Morgan fingerprint density at radius 3 is 1.95 bits per heavy atom. The summed E-state index contributed by atoms with van der Waals surface area (Å²) in [7, 11) is 0. The molecule has 22 heteroatoms. The van der Waals surface area contributed by atoms with Crippen molar-refractivity contribution in [2.24, 2.45) is 29.2 Å². The molecule has 9 amide bonds. The van der Waals surface area contributed by atoms with Crippen LogP contribution in [0.15, 0.2) is 43.0 Å². The summed E-state index contributed by atoms with van der Waals surface area (Å²) in [5, 5.41) is 19.3. The summed E-state index contributed by atoms with van der Waals surface area (Å²) >= 11 is 1.48. The molecule has 3 aromatic rings. The number of fused-ring (bicyclic) bond motifs is 1. The number of thioether (sulfide) groups is 1. The van der Waals surface area contributed by atoms with Crippen molar-refractivity contribution in [3.8, 4) is 0 Å². The van der Waals surface area contributed by atoms with Crippen molar-refractivity contribution < 1.29 is 43.2 Å². The second-order valence-electron chi connectivity index (χ2n) is 17.0. The number of carbonyl (C=O) groups excluding carboxylic acids is 9. The van der Waals surface area contributed by atoms with Gasteiger partial charge in [-0.3, -0.25) is 43.2 Å². The molecule has 0 saturated heterocycles. The molecule has 362 valence electrons. The highest BCUT2D eigenvalue weighted by Gasteiger charge is 2.33. The molecule has 0 fully saturated rings. The molecule has 1 aromatic carbocycles. The molecule has 0 aliphatic rings. The first-order valence-corrected chi connectivity index (χ1v) is 23.3. The molecule has 66 heavy (non-hydrogen) atoms. The molecule has 3 rings (SSSR count). The predicted octanol–water partition coefficient (Wildman–Crippen LogP) is -0.437. The van der Waals surface area contributed by atoms with Crippen LogP contribution in [0.5, 0.6) is 0 Å². The van der Waals surface area contributed by atoms with Gasteiger partial charge in [-0.05, 0) is 61.7 Å². The third-order valence-electron chi connectivity index (χ3n) is 10.7. The summed E-state index contributed by atoms with van der Waals surface area (Å²) in [6, 6.07) is 0.640. The van der Waals surface area contributed by atoms with E-state index in [9.17, 15) is 43.2 Å². The van der Waals surface area contributed by atoms with Crippen molar-refractivity contribution in [3.63, 3.8) is 0 Å². The van der Waals surface area contributed by atoms with Crippen LogP contribution in [-0.2, 0) is 56.0 Å². The minimum Gasteiger partial charge on any atom is -0.370 e. The maximum Gasteiger partial charge on any atom is 0.243 e. The van der Waals surface area contributed by atoms with E-state index in [0.717, 1.165) is 16.5 Å². The molecule has 0 bridgehead atoms. The highest BCUT2D eigenvalue weighted by Crippen LogP contribution is 2.20. The normalized spacial score (nSPS) is 14.4. The minimum atomic E-state index is -1.25. The second kappa shape index (κ2) is 26.5. The zero-order chi connectivity index (χ0) is 49.1. The molecule has 7 atom stereocenters. The number of carbonyl (C=O) groups is 9. The summed E-state index contributed by atoms with van der Waals surface area (Å²) in [4.78, 5) is 128. The largest absolute Gasteiger partial charge is 0.370 e. The molecular weight excluding hydrogens is 873 g/mol. The number of primary amides is 2. The van der Waals surface area contributed by atoms with E-state index in [1.165, 1.54) is 31.2 Å². The zero-order valence-corrected chi connectivity index (χ0v) is 39.4. The summed E-state index contributed by atoms with van der Waals surface area (Å²) in [5.74, 6) is -6.64. The first kappa shape index (κ1) is 53.9. The van der Waals surface area contributed by atoms with Gasteiger partial charge in [0.15, 0.2) is 0 Å². The van der Waals surface area contributed by atoms with Gasteiger partial charge in [0.1, 0.15) is 36.3 Å². The van der Waals surface area contributed by atoms with Crippen molar-refractivity contribution in [2.75, 3.05) is 18.6 Å². The fourth-order valence-electron chi connectivity index (χ4n) is 6.84. The molecule has 2 heterocycles. The van der Waals surface area contributed by atoms with Crippen LogP contribution in [0.2, 0.25) is 0 Å². The number of benzene rings is 1. The van der Waals surface area contributed by atoms with E-state index >= 15 is 0 Å². The summed E-state index contributed by atoms with van der Waals surface area (Å²) in [5.41, 5.74) is 12.8. The van der Waals surface area contributed by atoms with Gasteiger partial charge in [0.25, 0.3) is 0 Å². The van der Waals surface area contributed by atoms with Gasteiger partial charge < -0.3 is 58.7 Å². The van der Waals surface area contributed by atoms with Crippen molar-refractivity contribution in [1.82, 2.24) is 52.2 Å². The predicted molar refractivity (Wildman–Crippen MR) is 249 cm³/mol. The third-order valence-corrected chi connectivity index (χ3v) is 11.3. The fraction of sp³-hybridized carbons (Fsp3) is 0.545. The molecule has 0 aliphatic carbocycles. The lowest BCUT2D eigenvalue weighted by molar-refractivity contribution is -0.135. The Bertz CT molecular complexity index is 2140. The van der Waals surface area contributed by atoms with E-state index in [4.69, 9.17) is 11.5 Å². The second-order valence-corrected chi connectivity index (χ2v) is 18.0. The Hall–Kier alpha value is -6.45. The Kier molecular flexibility index (Phi) is 21.6. The van der Waals surface area contributed by atoms with Crippen molar-refractivity contribution in [2.45, 2.75) is 116 Å². The Morgan fingerprint density at radius 2 is 1.33 bits per heavy atom. The van der Waals surface area contributed by atoms with Crippen LogP contribution in [-0.4, -0.2) is 123 Å². The number of imidazole rings is 1. The molecule has 2 aromatic heterocycles. The van der Waals surface area contributed by atoms with Gasteiger partial charge in [0.05, 0.1) is 18.6 Å². The number of hydrogen-bond donors (Lipinski definition) is 11. The van der Waals surface area contributed by atoms with Crippen molar-refractivity contribution >= 4 is 75.8 Å². The number of nitrogens with zero attached hydrogens (tertiary/aromatic N) is 1. The summed E-state index contributed by atoms with van der Waals surface area (Å²) in [6.07, 6.45) is 7.12. The van der Waals surface area contributed by atoms with Gasteiger partial charge in [-0.25, -0.2) is 4.98 Å². The van der Waals surface area contributed by atoms with Crippen LogP contribution in [0.1, 0.15) is 78.5 Å². The molecule has 21 nitrogen and oxygen atoms in total. The smallest absolute Gasteiger partial charge is 0.243 e. The number of H-pyrrole nitrogens is 2. The molecule has 0 saturated carbocycles. The summed E-state index contributed by atoms with van der Waals surface area (Å²) in [6.45, 7) is 9.46. The lowest BCUT2D eigenvalue weighted by atomic mass is 10.0. The molecule has 13 N–H and O–H groups in total. The van der Waals surface area contributed by atoms with E-state index in [1.807, 2.05) is 44.4 Å². The molecular formula is C44H66N12O9S. The number of amides is 9. The van der Waals surface area contributed by atoms with Crippen LogP contribution >= 0.6 is 11.8 Å². The number of nitrogens with two attached hydrogens (primary N) is 2. The number of para-hydroxylation sites is 1. The van der Waals surface area contributed by atoms with Gasteiger partial charge >= 0.3 is 0 Å². The average molecular weight is 939 g/mol. The summed E-state index contributed by atoms with van der Waals surface area (Å²) < 4.78 is 0. The first-order valence-electron chi connectivity index (χ1n) is 21.9. The lowest BCUT2D eigenvalue weighted by Crippen LogP contribution is -2.59. The van der Waals surface area contributed by atoms with E-state index in [2.05, 4.69) is 52.2 Å². The number of aromatic amines is 2. The van der Waals surface area contributed by atoms with E-state index in [0.29, 0.717) is 17.9 Å². The number of aromatic nitrogens is 3. The number of nitrogens with one attached hydrogen (secondary N) is 9. The highest BCUT2D eigenvalue weighted by molar-refractivity contribution is 7.98. The van der Waals surface area contributed by atoms with Gasteiger partial charge in [0, 0.05) is 48.5 Å². The van der Waals surface area contributed by atoms with Crippen molar-refractivity contribution in [1.29, 1.82) is 0 Å². The standard InChI is InChI=1S/C44H66N12O9S/c1-23(2)16-32(42(63)53-31(38(46)59)14-15-66-7)55-43(64)34(18-28-20-47-22-50-28)52-36(58)21-49-44(65)37(24(3)4)56-40(61)26(6)51-41(62)33(54-39(60)25(5)12-13-35(45)57)17-27-19-48-30-11-9-8-10-29(27)30/h8-11,19-20,22-26,31-34,37,48H,12-18,21H2,1-7H3,(H2,45,57)(H2,46,59)(H,47,50)(H,49,65)(H,51,62)(H,52,58)(H,53,63)(H,54,60)(H,55,64)(H,56,61)/t25-,26-,31-,32-,33-,34-,37-/m0/s1. The zero-order valence-electron chi connectivity index (χ0n) is 38.6. The molecule has 0 aliphatic heterocycles. The van der Waals surface area contributed by atoms with Crippen LogP contribution < -0.4 is 48.7 Å². The number of rotatable bonds is 28. The Morgan fingerprint density at radius 1 is 0.697 bits per heavy atom. The van der Waals surface area contributed by atoms with E-state index in [-0.39, 0.29) is 38.0 Å². The lowest BCUT2D eigenvalue weighted by Gasteiger charge is -2.26. The maximum absolute atomic E-state index is 13.8. The minimum absolute atomic E-state index is 0.0227. The van der Waals surface area contributed by atoms with Crippen molar-refractivity contribution in [3.05, 3.63) is 54.2 Å². The maximum atomic E-state index is 13.8. The van der Waals surface area contributed by atoms with E-state index in [1.54, 1.807) is 27.0 Å². The SMILES string of the molecule is CSCC[C@H](NC(=O)[C@H](CC(C)C)NC(=O)[C@H](Cc1c[nH]cn1)NC(=O)CNC(=O)[C@@H](NC(=O)[C@H](C)NC(=O)[C@H](Cc1c[nH]c2ccccc12)NC(=O)[C@@H](C)CCC(N)=O)C(C)C)C(N)=O. The van der Waals surface area contributed by atoms with Crippen LogP contribution in [0, 0.1) is 17.8 Å².